The third-order valence-corrected chi connectivity index (χ3v) is 3.69. The van der Waals surface area contributed by atoms with Gasteiger partial charge in [-0.3, -0.25) is 4.79 Å². The van der Waals surface area contributed by atoms with Gasteiger partial charge < -0.3 is 9.64 Å². The number of methoxy groups -OCH3 is 1. The van der Waals surface area contributed by atoms with E-state index < -0.39 is 0 Å². The molecule has 18 heavy (non-hydrogen) atoms. The Bertz CT molecular complexity index is 405. The average Bonchev–Trinajstić information content (AvgIpc) is 2.86. The van der Waals surface area contributed by atoms with E-state index in [1.54, 1.807) is 0 Å². The summed E-state index contributed by atoms with van der Waals surface area (Å²) < 4.78 is 4.78. The van der Waals surface area contributed by atoms with Crippen LogP contribution in [0.4, 0.5) is 0 Å². The van der Waals surface area contributed by atoms with Crippen molar-refractivity contribution in [1.82, 2.24) is 4.90 Å². The molecule has 1 aliphatic heterocycles. The molecule has 0 saturated carbocycles. The molecule has 0 amide bonds. The molecule has 1 unspecified atom stereocenters. The van der Waals surface area contributed by atoms with Crippen LogP contribution >= 0.6 is 11.6 Å². The first-order chi connectivity index (χ1) is 8.69. The van der Waals surface area contributed by atoms with Crippen molar-refractivity contribution in [3.8, 4) is 0 Å². The number of ether oxygens (including phenoxy) is 1. The number of carbonyl (C=O) groups is 1. The van der Waals surface area contributed by atoms with E-state index in [1.165, 1.54) is 12.7 Å². The molecule has 1 atom stereocenters. The molecule has 0 bridgehead atoms. The van der Waals surface area contributed by atoms with Crippen molar-refractivity contribution in [2.24, 2.45) is 5.92 Å². The van der Waals surface area contributed by atoms with E-state index in [9.17, 15) is 4.79 Å². The molecule has 2 rings (SSSR count). The van der Waals surface area contributed by atoms with Crippen LogP contribution < -0.4 is 0 Å². The van der Waals surface area contributed by atoms with Crippen molar-refractivity contribution in [3.63, 3.8) is 0 Å². The molecule has 0 radical (unpaired) electrons. The molecule has 0 aromatic heterocycles. The number of halogens is 1. The van der Waals surface area contributed by atoms with Crippen molar-refractivity contribution < 1.29 is 9.53 Å². The van der Waals surface area contributed by atoms with Gasteiger partial charge in [-0.15, -0.1) is 0 Å². The fourth-order valence-corrected chi connectivity index (χ4v) is 2.46. The summed E-state index contributed by atoms with van der Waals surface area (Å²) in [5.41, 5.74) is 1.28. The molecule has 0 N–H and O–H groups in total. The Balaban J connectivity index is 1.78. The van der Waals surface area contributed by atoms with E-state index in [4.69, 9.17) is 16.3 Å². The Morgan fingerprint density at radius 2 is 2.17 bits per heavy atom. The molecule has 1 aromatic rings. The quantitative estimate of drug-likeness (QED) is 0.785. The lowest BCUT2D eigenvalue weighted by molar-refractivity contribution is -0.144. The predicted molar refractivity (Wildman–Crippen MR) is 71.7 cm³/mol. The van der Waals surface area contributed by atoms with Crippen LogP contribution in [0.3, 0.4) is 0 Å². The Morgan fingerprint density at radius 1 is 1.44 bits per heavy atom. The lowest BCUT2D eigenvalue weighted by Crippen LogP contribution is -2.25. The van der Waals surface area contributed by atoms with Gasteiger partial charge in [0.15, 0.2) is 0 Å². The van der Waals surface area contributed by atoms with E-state index in [1.807, 2.05) is 12.1 Å². The van der Waals surface area contributed by atoms with E-state index in [-0.39, 0.29) is 11.9 Å². The zero-order valence-corrected chi connectivity index (χ0v) is 11.3. The lowest BCUT2D eigenvalue weighted by atomic mass is 10.1. The lowest BCUT2D eigenvalue weighted by Gasteiger charge is -2.15. The first-order valence-corrected chi connectivity index (χ1v) is 6.61. The van der Waals surface area contributed by atoms with Crippen LogP contribution in [0, 0.1) is 5.92 Å². The highest BCUT2D eigenvalue weighted by atomic mass is 35.5. The molecule has 1 heterocycles. The average molecular weight is 268 g/mol. The summed E-state index contributed by atoms with van der Waals surface area (Å²) in [6.45, 7) is 2.78. The van der Waals surface area contributed by atoms with Crippen LogP contribution in [0.15, 0.2) is 24.3 Å². The van der Waals surface area contributed by atoms with Gasteiger partial charge in [-0.05, 0) is 37.1 Å². The van der Waals surface area contributed by atoms with Crippen LogP contribution in [0.5, 0.6) is 0 Å². The zero-order chi connectivity index (χ0) is 13.0. The SMILES string of the molecule is COC(=O)C1CCN(CCc2ccc(Cl)cc2)C1. The summed E-state index contributed by atoms with van der Waals surface area (Å²) in [6.07, 6.45) is 1.90. The van der Waals surface area contributed by atoms with Crippen LogP contribution in [0.25, 0.3) is 0 Å². The standard InChI is InChI=1S/C14H18ClNO2/c1-18-14(17)12-7-9-16(10-12)8-6-11-2-4-13(15)5-3-11/h2-5,12H,6-10H2,1H3. The zero-order valence-electron chi connectivity index (χ0n) is 10.6. The maximum Gasteiger partial charge on any atom is 0.310 e. The number of likely N-dealkylation sites (tertiary alicyclic amines) is 1. The second kappa shape index (κ2) is 6.21. The fraction of sp³-hybridized carbons (Fsp3) is 0.500. The van der Waals surface area contributed by atoms with Gasteiger partial charge in [-0.1, -0.05) is 23.7 Å². The van der Waals surface area contributed by atoms with Crippen LogP contribution in [0.2, 0.25) is 5.02 Å². The first-order valence-electron chi connectivity index (χ1n) is 6.23. The molecule has 3 nitrogen and oxygen atoms in total. The number of esters is 1. The minimum absolute atomic E-state index is 0.0558. The molecule has 1 aromatic carbocycles. The van der Waals surface area contributed by atoms with E-state index in [2.05, 4.69) is 17.0 Å². The van der Waals surface area contributed by atoms with Gasteiger partial charge in [0, 0.05) is 18.1 Å². The minimum Gasteiger partial charge on any atom is -0.469 e. The Kier molecular flexibility index (Phi) is 4.61. The first kappa shape index (κ1) is 13.4. The molecule has 4 heteroatoms. The summed E-state index contributed by atoms with van der Waals surface area (Å²) in [7, 11) is 1.46. The van der Waals surface area contributed by atoms with Crippen molar-refractivity contribution in [3.05, 3.63) is 34.9 Å². The number of carbonyl (C=O) groups excluding carboxylic acids is 1. The molecule has 0 aliphatic carbocycles. The maximum atomic E-state index is 11.4. The van der Waals surface area contributed by atoms with Gasteiger partial charge in [0.1, 0.15) is 0 Å². The second-order valence-corrected chi connectivity index (χ2v) is 5.12. The Hall–Kier alpha value is -1.06. The summed E-state index contributed by atoms with van der Waals surface area (Å²) in [6, 6.07) is 7.93. The molecular weight excluding hydrogens is 250 g/mol. The van der Waals surface area contributed by atoms with Gasteiger partial charge in [-0.2, -0.15) is 0 Å². The summed E-state index contributed by atoms with van der Waals surface area (Å²) in [5.74, 6) is -0.0239. The monoisotopic (exact) mass is 267 g/mol. The molecular formula is C14H18ClNO2. The molecule has 98 valence electrons. The van der Waals surface area contributed by atoms with Crippen LogP contribution in [0.1, 0.15) is 12.0 Å². The van der Waals surface area contributed by atoms with Crippen molar-refractivity contribution in [2.75, 3.05) is 26.7 Å². The van der Waals surface area contributed by atoms with Crippen molar-refractivity contribution in [2.45, 2.75) is 12.8 Å². The smallest absolute Gasteiger partial charge is 0.310 e. The summed E-state index contributed by atoms with van der Waals surface area (Å²) in [5, 5.41) is 0.769. The van der Waals surface area contributed by atoms with Gasteiger partial charge in [0.05, 0.1) is 13.0 Å². The molecule has 1 fully saturated rings. The number of nitrogens with zero attached hydrogens (tertiary/aromatic N) is 1. The van der Waals surface area contributed by atoms with Crippen LogP contribution in [-0.4, -0.2) is 37.6 Å². The van der Waals surface area contributed by atoms with E-state index in [0.29, 0.717) is 0 Å². The molecule has 0 spiro atoms. The highest BCUT2D eigenvalue weighted by molar-refractivity contribution is 6.30. The predicted octanol–water partition coefficient (Wildman–Crippen LogP) is 2.38. The number of benzene rings is 1. The Morgan fingerprint density at radius 3 is 2.83 bits per heavy atom. The molecule has 1 saturated heterocycles. The highest BCUT2D eigenvalue weighted by Gasteiger charge is 2.28. The number of hydrogen-bond acceptors (Lipinski definition) is 3. The second-order valence-electron chi connectivity index (χ2n) is 4.69. The van der Waals surface area contributed by atoms with Gasteiger partial charge in [0.25, 0.3) is 0 Å². The van der Waals surface area contributed by atoms with Crippen LogP contribution in [-0.2, 0) is 16.0 Å². The number of rotatable bonds is 4. The Labute approximate surface area is 113 Å². The highest BCUT2D eigenvalue weighted by Crippen LogP contribution is 2.18. The normalized spacial score (nSPS) is 20.0. The summed E-state index contributed by atoms with van der Waals surface area (Å²) in [4.78, 5) is 13.7. The fourth-order valence-electron chi connectivity index (χ4n) is 2.33. The molecule has 1 aliphatic rings. The van der Waals surface area contributed by atoms with Gasteiger partial charge in [0.2, 0.25) is 0 Å². The summed E-state index contributed by atoms with van der Waals surface area (Å²) >= 11 is 5.85. The third-order valence-electron chi connectivity index (χ3n) is 3.44. The number of hydrogen-bond donors (Lipinski definition) is 0. The van der Waals surface area contributed by atoms with Gasteiger partial charge in [-0.25, -0.2) is 0 Å². The largest absolute Gasteiger partial charge is 0.469 e. The van der Waals surface area contributed by atoms with Crippen molar-refractivity contribution >= 4 is 17.6 Å². The van der Waals surface area contributed by atoms with E-state index >= 15 is 0 Å². The third kappa shape index (κ3) is 3.47. The van der Waals surface area contributed by atoms with E-state index in [0.717, 1.165) is 37.5 Å². The topological polar surface area (TPSA) is 29.5 Å². The maximum absolute atomic E-state index is 11.4. The van der Waals surface area contributed by atoms with Crippen molar-refractivity contribution in [1.29, 1.82) is 0 Å². The van der Waals surface area contributed by atoms with Gasteiger partial charge >= 0.3 is 5.97 Å². The minimum atomic E-state index is -0.0796.